The van der Waals surface area contributed by atoms with Crippen molar-refractivity contribution in [1.82, 2.24) is 20.1 Å². The average molecular weight is 393 g/mol. The van der Waals surface area contributed by atoms with Crippen molar-refractivity contribution < 1.29 is 5.11 Å². The molecule has 2 aliphatic heterocycles. The zero-order valence-corrected chi connectivity index (χ0v) is 17.0. The van der Waals surface area contributed by atoms with E-state index in [2.05, 4.69) is 56.4 Å². The van der Waals surface area contributed by atoms with Gasteiger partial charge in [-0.2, -0.15) is 5.10 Å². The minimum absolute atomic E-state index is 0.154. The quantitative estimate of drug-likeness (QED) is 0.709. The van der Waals surface area contributed by atoms with E-state index in [0.29, 0.717) is 5.92 Å². The van der Waals surface area contributed by atoms with Gasteiger partial charge in [-0.1, -0.05) is 13.0 Å². The highest BCUT2D eigenvalue weighted by molar-refractivity contribution is 5.89. The fourth-order valence-corrected chi connectivity index (χ4v) is 4.76. The fraction of sp³-hybridized carbons (Fsp3) is 0.455. The van der Waals surface area contributed by atoms with Crippen molar-refractivity contribution in [1.29, 1.82) is 0 Å². The van der Waals surface area contributed by atoms with Crippen molar-refractivity contribution in [3.8, 4) is 0 Å². The maximum absolute atomic E-state index is 9.50. The molecule has 4 heterocycles. The predicted octanol–water partition coefficient (Wildman–Crippen LogP) is 1.86. The second-order valence-corrected chi connectivity index (χ2v) is 8.28. The molecule has 152 valence electrons. The fourth-order valence-electron chi connectivity index (χ4n) is 4.76. The molecule has 7 nitrogen and oxygen atoms in total. The van der Waals surface area contributed by atoms with Gasteiger partial charge in [-0.3, -0.25) is 4.68 Å². The van der Waals surface area contributed by atoms with Gasteiger partial charge in [-0.25, -0.2) is 4.98 Å². The van der Waals surface area contributed by atoms with Crippen LogP contribution in [0.3, 0.4) is 0 Å². The minimum Gasteiger partial charge on any atom is -0.395 e. The van der Waals surface area contributed by atoms with E-state index >= 15 is 0 Å². The van der Waals surface area contributed by atoms with Crippen LogP contribution < -0.4 is 15.1 Å². The summed E-state index contributed by atoms with van der Waals surface area (Å²) in [5, 5.41) is 18.4. The number of aromatic nitrogens is 3. The number of pyridine rings is 1. The highest BCUT2D eigenvalue weighted by atomic mass is 16.3. The molecular formula is C22H28N6O. The average Bonchev–Trinajstić information content (AvgIpc) is 3.14. The Morgan fingerprint density at radius 2 is 2.10 bits per heavy atom. The summed E-state index contributed by atoms with van der Waals surface area (Å²) in [7, 11) is 1.94. The highest BCUT2D eigenvalue weighted by Gasteiger charge is 2.26. The Morgan fingerprint density at radius 3 is 2.97 bits per heavy atom. The predicted molar refractivity (Wildman–Crippen MR) is 116 cm³/mol. The normalized spacial score (nSPS) is 22.2. The second kappa shape index (κ2) is 7.31. The van der Waals surface area contributed by atoms with Crippen LogP contribution in [0, 0.1) is 0 Å². The van der Waals surface area contributed by atoms with E-state index in [1.54, 1.807) is 0 Å². The molecule has 1 fully saturated rings. The van der Waals surface area contributed by atoms with Crippen LogP contribution in [0.4, 0.5) is 11.4 Å². The van der Waals surface area contributed by atoms with E-state index in [1.807, 2.05) is 24.1 Å². The molecule has 0 saturated carbocycles. The first-order valence-corrected chi connectivity index (χ1v) is 10.4. The lowest BCUT2D eigenvalue weighted by atomic mass is 9.90. The second-order valence-electron chi connectivity index (χ2n) is 8.28. The lowest BCUT2D eigenvalue weighted by molar-refractivity contribution is 0.235. The molecule has 2 atom stereocenters. The van der Waals surface area contributed by atoms with Crippen LogP contribution in [0.2, 0.25) is 0 Å². The Kier molecular flexibility index (Phi) is 4.64. The topological polar surface area (TPSA) is 69.5 Å². The summed E-state index contributed by atoms with van der Waals surface area (Å²) in [6.45, 7) is 7.11. The number of nitrogens with one attached hydrogen (secondary N) is 1. The van der Waals surface area contributed by atoms with Gasteiger partial charge in [-0.05, 0) is 35.2 Å². The first-order valence-electron chi connectivity index (χ1n) is 10.4. The first kappa shape index (κ1) is 18.4. The summed E-state index contributed by atoms with van der Waals surface area (Å²) < 4.78 is 1.83. The number of benzene rings is 1. The summed E-state index contributed by atoms with van der Waals surface area (Å²) in [6.07, 6.45) is 3.80. The highest BCUT2D eigenvalue weighted by Crippen LogP contribution is 2.36. The number of hydrogen-bond acceptors (Lipinski definition) is 6. The smallest absolute Gasteiger partial charge is 0.159 e. The van der Waals surface area contributed by atoms with E-state index in [9.17, 15) is 5.11 Å². The monoisotopic (exact) mass is 392 g/mol. The lowest BCUT2D eigenvalue weighted by Crippen LogP contribution is -2.52. The van der Waals surface area contributed by atoms with Crippen molar-refractivity contribution in [3.05, 3.63) is 47.8 Å². The molecule has 1 aromatic carbocycles. The number of anilines is 2. The van der Waals surface area contributed by atoms with Crippen molar-refractivity contribution in [2.45, 2.75) is 25.4 Å². The van der Waals surface area contributed by atoms with Crippen molar-refractivity contribution in [3.63, 3.8) is 0 Å². The summed E-state index contributed by atoms with van der Waals surface area (Å²) >= 11 is 0. The molecule has 0 spiro atoms. The summed E-state index contributed by atoms with van der Waals surface area (Å²) in [5.41, 5.74) is 6.22. The molecule has 29 heavy (non-hydrogen) atoms. The van der Waals surface area contributed by atoms with Crippen LogP contribution in [0.5, 0.6) is 0 Å². The molecule has 7 heteroatoms. The number of piperazine rings is 1. The molecule has 5 rings (SSSR count). The van der Waals surface area contributed by atoms with Gasteiger partial charge in [0.1, 0.15) is 0 Å². The molecule has 0 unspecified atom stereocenters. The Bertz CT molecular complexity index is 1030. The molecule has 3 aromatic rings. The van der Waals surface area contributed by atoms with E-state index < -0.39 is 0 Å². The number of aliphatic hydroxyl groups excluding tert-OH is 1. The first-order chi connectivity index (χ1) is 14.1. The van der Waals surface area contributed by atoms with Gasteiger partial charge in [0.15, 0.2) is 5.65 Å². The Morgan fingerprint density at radius 1 is 1.21 bits per heavy atom. The SMILES string of the molecule is C[C@H]1CN(c2ccnc3c2cnn3C)Cc2ccc(N3CCN[C@@H](CO)C3)cc21. The molecule has 1 saturated heterocycles. The summed E-state index contributed by atoms with van der Waals surface area (Å²) in [6, 6.07) is 9.14. The summed E-state index contributed by atoms with van der Waals surface area (Å²) in [4.78, 5) is 9.32. The van der Waals surface area contributed by atoms with Crippen molar-refractivity contribution in [2.75, 3.05) is 42.6 Å². The van der Waals surface area contributed by atoms with Gasteiger partial charge in [0, 0.05) is 57.7 Å². The molecular weight excluding hydrogens is 364 g/mol. The van der Waals surface area contributed by atoms with Crippen molar-refractivity contribution in [2.24, 2.45) is 7.05 Å². The zero-order valence-electron chi connectivity index (χ0n) is 17.0. The molecule has 2 aromatic heterocycles. The number of nitrogens with zero attached hydrogens (tertiary/aromatic N) is 5. The molecule has 0 bridgehead atoms. The molecule has 2 N–H and O–H groups in total. The van der Waals surface area contributed by atoms with Gasteiger partial charge >= 0.3 is 0 Å². The largest absolute Gasteiger partial charge is 0.395 e. The Labute approximate surface area is 170 Å². The number of hydrogen-bond donors (Lipinski definition) is 2. The lowest BCUT2D eigenvalue weighted by Gasteiger charge is -2.38. The van der Waals surface area contributed by atoms with Gasteiger partial charge in [0.2, 0.25) is 0 Å². The van der Waals surface area contributed by atoms with E-state index in [4.69, 9.17) is 0 Å². The van der Waals surface area contributed by atoms with Gasteiger partial charge in [0.05, 0.1) is 23.9 Å². The van der Waals surface area contributed by atoms with Crippen LogP contribution >= 0.6 is 0 Å². The third kappa shape index (κ3) is 3.24. The van der Waals surface area contributed by atoms with E-state index in [1.165, 1.54) is 22.5 Å². The molecule has 0 aliphatic carbocycles. The third-order valence-electron chi connectivity index (χ3n) is 6.31. The van der Waals surface area contributed by atoms with Crippen LogP contribution in [0.15, 0.2) is 36.7 Å². The number of fused-ring (bicyclic) bond motifs is 2. The maximum Gasteiger partial charge on any atom is 0.159 e. The standard InChI is InChI=1S/C22H28N6O/c1-15-11-28(21-5-6-24-22-20(21)10-25-26(22)2)12-16-3-4-18(9-19(15)16)27-8-7-23-17(13-27)14-29/h3-6,9-10,15,17,23,29H,7-8,11-14H2,1-2H3/t15-,17+/m0/s1. The third-order valence-corrected chi connectivity index (χ3v) is 6.31. The Hall–Kier alpha value is -2.64. The minimum atomic E-state index is 0.154. The number of aryl methyl sites for hydroxylation is 1. The number of aliphatic hydroxyl groups is 1. The van der Waals surface area contributed by atoms with Gasteiger partial charge in [0.25, 0.3) is 0 Å². The van der Waals surface area contributed by atoms with Crippen LogP contribution in [0.25, 0.3) is 11.0 Å². The van der Waals surface area contributed by atoms with Crippen molar-refractivity contribution >= 4 is 22.4 Å². The van der Waals surface area contributed by atoms with Crippen LogP contribution in [-0.2, 0) is 13.6 Å². The molecule has 0 radical (unpaired) electrons. The van der Waals surface area contributed by atoms with Gasteiger partial charge in [-0.15, -0.1) is 0 Å². The van der Waals surface area contributed by atoms with E-state index in [-0.39, 0.29) is 12.6 Å². The molecule has 2 aliphatic rings. The molecule has 0 amide bonds. The van der Waals surface area contributed by atoms with Gasteiger partial charge < -0.3 is 20.2 Å². The van der Waals surface area contributed by atoms with E-state index in [0.717, 1.165) is 43.8 Å². The van der Waals surface area contributed by atoms with Crippen LogP contribution in [0.1, 0.15) is 24.0 Å². The zero-order chi connectivity index (χ0) is 20.0. The number of rotatable bonds is 3. The maximum atomic E-state index is 9.50. The Balaban J connectivity index is 1.43. The summed E-state index contributed by atoms with van der Waals surface area (Å²) in [5.74, 6) is 0.440. The van der Waals surface area contributed by atoms with Crippen LogP contribution in [-0.4, -0.2) is 58.7 Å².